The minimum Gasteiger partial charge on any atom is -0.497 e. The number of fused-ring (bicyclic) bond motifs is 3. The lowest BCUT2D eigenvalue weighted by Crippen LogP contribution is -2.50. The first-order chi connectivity index (χ1) is 9.61. The molecule has 3 fully saturated rings. The smallest absolute Gasteiger partial charge is 0.223 e. The van der Waals surface area contributed by atoms with E-state index >= 15 is 0 Å². The molecule has 0 saturated heterocycles. The van der Waals surface area contributed by atoms with Crippen LogP contribution in [0.3, 0.4) is 0 Å². The van der Waals surface area contributed by atoms with Crippen molar-refractivity contribution >= 4 is 5.78 Å². The van der Waals surface area contributed by atoms with E-state index in [1.54, 1.807) is 7.11 Å². The Morgan fingerprint density at radius 2 is 2.15 bits per heavy atom. The van der Waals surface area contributed by atoms with E-state index in [2.05, 4.69) is 0 Å². The lowest BCUT2D eigenvalue weighted by Gasteiger charge is -2.42. The number of methoxy groups -OCH3 is 1. The molecule has 0 amide bonds. The maximum Gasteiger partial charge on any atom is 0.223 e. The number of nitro groups is 1. The summed E-state index contributed by atoms with van der Waals surface area (Å²) in [5.74, 6) is 0.243. The van der Waals surface area contributed by atoms with Gasteiger partial charge in [-0.25, -0.2) is 0 Å². The number of carbonyl (C=O) groups excluding carboxylic acids is 1. The van der Waals surface area contributed by atoms with Gasteiger partial charge in [-0.2, -0.15) is 0 Å². The van der Waals surface area contributed by atoms with Gasteiger partial charge in [0.05, 0.1) is 13.0 Å². The average Bonchev–Trinajstić information content (AvgIpc) is 2.46. The molecule has 3 aliphatic carbocycles. The van der Waals surface area contributed by atoms with Crippen LogP contribution in [0.15, 0.2) is 24.3 Å². The van der Waals surface area contributed by atoms with E-state index in [1.807, 2.05) is 24.3 Å². The van der Waals surface area contributed by atoms with Gasteiger partial charge in [-0.15, -0.1) is 0 Å². The first kappa shape index (κ1) is 13.1. The summed E-state index contributed by atoms with van der Waals surface area (Å²) < 4.78 is 5.19. The fourth-order valence-electron chi connectivity index (χ4n) is 3.85. The minimum atomic E-state index is -0.640. The van der Waals surface area contributed by atoms with Gasteiger partial charge in [0.1, 0.15) is 11.5 Å². The molecule has 0 radical (unpaired) electrons. The van der Waals surface area contributed by atoms with Crippen LogP contribution in [-0.2, 0) is 4.79 Å². The number of benzene rings is 1. The lowest BCUT2D eigenvalue weighted by molar-refractivity contribution is -0.542. The van der Waals surface area contributed by atoms with Crippen molar-refractivity contribution in [3.05, 3.63) is 39.9 Å². The van der Waals surface area contributed by atoms with Gasteiger partial charge in [-0.3, -0.25) is 14.9 Å². The van der Waals surface area contributed by atoms with Crippen molar-refractivity contribution in [3.8, 4) is 5.75 Å². The molecular formula is C15H17NO4. The summed E-state index contributed by atoms with van der Waals surface area (Å²) in [5, 5.41) is 11.5. The fourth-order valence-corrected chi connectivity index (χ4v) is 3.85. The number of ketones is 1. The molecule has 0 unspecified atom stereocenters. The SMILES string of the molecule is COc1cccc([C@@H]2[C@@H]([N+](=O)[O-])[C@H]3CC[C@@H]2C(=O)C3)c1. The van der Waals surface area contributed by atoms with Gasteiger partial charge < -0.3 is 4.74 Å². The molecule has 0 heterocycles. The van der Waals surface area contributed by atoms with Crippen molar-refractivity contribution in [2.75, 3.05) is 7.11 Å². The Balaban J connectivity index is 2.03. The maximum absolute atomic E-state index is 12.1. The summed E-state index contributed by atoms with van der Waals surface area (Å²) in [6.45, 7) is 0. The average molecular weight is 275 g/mol. The summed E-state index contributed by atoms with van der Waals surface area (Å²) >= 11 is 0. The number of hydrogen-bond donors (Lipinski definition) is 0. The number of hydrogen-bond acceptors (Lipinski definition) is 4. The highest BCUT2D eigenvalue weighted by Gasteiger charge is 2.54. The molecule has 1 aromatic carbocycles. The normalized spacial score (nSPS) is 32.1. The van der Waals surface area contributed by atoms with E-state index in [-0.39, 0.29) is 28.5 Å². The number of nitrogens with zero attached hydrogens (tertiary/aromatic N) is 1. The molecule has 4 rings (SSSR count). The fraction of sp³-hybridized carbons (Fsp3) is 0.533. The molecule has 0 aliphatic heterocycles. The summed E-state index contributed by atoms with van der Waals surface area (Å²) in [7, 11) is 1.57. The van der Waals surface area contributed by atoms with Crippen LogP contribution in [0.25, 0.3) is 0 Å². The third kappa shape index (κ3) is 1.97. The van der Waals surface area contributed by atoms with E-state index in [0.717, 1.165) is 18.4 Å². The maximum atomic E-state index is 12.1. The first-order valence-corrected chi connectivity index (χ1v) is 6.92. The second-order valence-electron chi connectivity index (χ2n) is 5.69. The van der Waals surface area contributed by atoms with E-state index in [4.69, 9.17) is 4.74 Å². The predicted molar refractivity (Wildman–Crippen MR) is 72.4 cm³/mol. The van der Waals surface area contributed by atoms with Crippen LogP contribution >= 0.6 is 0 Å². The monoisotopic (exact) mass is 275 g/mol. The Kier molecular flexibility index (Phi) is 3.20. The lowest BCUT2D eigenvalue weighted by atomic mass is 9.59. The third-order valence-corrected chi connectivity index (χ3v) is 4.73. The zero-order valence-corrected chi connectivity index (χ0v) is 11.3. The van der Waals surface area contributed by atoms with Crippen LogP contribution in [0, 0.1) is 22.0 Å². The minimum absolute atomic E-state index is 0.112. The van der Waals surface area contributed by atoms with E-state index in [1.165, 1.54) is 0 Å². The van der Waals surface area contributed by atoms with Gasteiger partial charge >= 0.3 is 0 Å². The number of rotatable bonds is 3. The Morgan fingerprint density at radius 1 is 1.35 bits per heavy atom. The molecule has 5 heteroatoms. The van der Waals surface area contributed by atoms with Gasteiger partial charge in [0.2, 0.25) is 6.04 Å². The molecule has 5 nitrogen and oxygen atoms in total. The van der Waals surface area contributed by atoms with Crippen LogP contribution in [0.2, 0.25) is 0 Å². The van der Waals surface area contributed by atoms with Crippen molar-refractivity contribution in [2.45, 2.75) is 31.2 Å². The molecule has 1 aromatic rings. The van der Waals surface area contributed by atoms with Gasteiger partial charge in [-0.05, 0) is 30.5 Å². The largest absolute Gasteiger partial charge is 0.497 e. The summed E-state index contributed by atoms with van der Waals surface area (Å²) in [6, 6.07) is 6.71. The quantitative estimate of drug-likeness (QED) is 0.627. The number of ether oxygens (including phenoxy) is 1. The molecule has 3 saturated carbocycles. The van der Waals surface area contributed by atoms with E-state index in [9.17, 15) is 14.9 Å². The van der Waals surface area contributed by atoms with Gasteiger partial charge in [0.25, 0.3) is 0 Å². The Hall–Kier alpha value is -1.91. The highest BCUT2D eigenvalue weighted by Crippen LogP contribution is 2.49. The van der Waals surface area contributed by atoms with Crippen molar-refractivity contribution in [1.82, 2.24) is 0 Å². The zero-order chi connectivity index (χ0) is 14.3. The molecule has 0 N–H and O–H groups in total. The standard InChI is InChI=1S/C15H17NO4/c1-20-11-4-2-3-9(7-11)14-12-6-5-10(8-13(12)17)15(14)16(18)19/h2-4,7,10,12,14-15H,5-6,8H2,1H3/t10-,12+,14-,15-/m0/s1. The second kappa shape index (κ2) is 4.89. The zero-order valence-electron chi connectivity index (χ0n) is 11.3. The van der Waals surface area contributed by atoms with Crippen LogP contribution < -0.4 is 4.74 Å². The summed E-state index contributed by atoms with van der Waals surface area (Å²) in [5.41, 5.74) is 0.855. The molecular weight excluding hydrogens is 258 g/mol. The van der Waals surface area contributed by atoms with Gasteiger partial charge in [-0.1, -0.05) is 12.1 Å². The molecule has 0 aromatic heterocycles. The summed E-state index contributed by atoms with van der Waals surface area (Å²) in [6.07, 6.45) is 1.94. The predicted octanol–water partition coefficient (Wildman–Crippen LogP) is 2.42. The first-order valence-electron chi connectivity index (χ1n) is 6.92. The van der Waals surface area contributed by atoms with Gasteiger partial charge in [0.15, 0.2) is 0 Å². The highest BCUT2D eigenvalue weighted by atomic mass is 16.6. The Morgan fingerprint density at radius 3 is 2.80 bits per heavy atom. The molecule has 2 bridgehead atoms. The van der Waals surface area contributed by atoms with Crippen LogP contribution in [-0.4, -0.2) is 23.9 Å². The van der Waals surface area contributed by atoms with Crippen molar-refractivity contribution in [3.63, 3.8) is 0 Å². The van der Waals surface area contributed by atoms with Crippen molar-refractivity contribution in [1.29, 1.82) is 0 Å². The number of Topliss-reactive ketones (excluding diaryl/α,β-unsaturated/α-hetero) is 1. The molecule has 20 heavy (non-hydrogen) atoms. The molecule has 4 atom stereocenters. The Bertz CT molecular complexity index is 557. The molecule has 106 valence electrons. The van der Waals surface area contributed by atoms with E-state index in [0.29, 0.717) is 12.2 Å². The Labute approximate surface area is 117 Å². The summed E-state index contributed by atoms with van der Waals surface area (Å²) in [4.78, 5) is 23.4. The van der Waals surface area contributed by atoms with Crippen LogP contribution in [0.4, 0.5) is 0 Å². The van der Waals surface area contributed by atoms with Crippen LogP contribution in [0.5, 0.6) is 5.75 Å². The van der Waals surface area contributed by atoms with Crippen molar-refractivity contribution < 1.29 is 14.5 Å². The topological polar surface area (TPSA) is 69.4 Å². The molecule has 3 aliphatic rings. The van der Waals surface area contributed by atoms with Gasteiger partial charge in [0, 0.05) is 23.2 Å². The van der Waals surface area contributed by atoms with Crippen molar-refractivity contribution in [2.24, 2.45) is 11.8 Å². The highest BCUT2D eigenvalue weighted by molar-refractivity contribution is 5.84. The number of carbonyl (C=O) groups is 1. The second-order valence-corrected chi connectivity index (χ2v) is 5.69. The van der Waals surface area contributed by atoms with E-state index < -0.39 is 6.04 Å². The van der Waals surface area contributed by atoms with Crippen LogP contribution in [0.1, 0.15) is 30.7 Å². The molecule has 0 spiro atoms. The third-order valence-electron chi connectivity index (χ3n) is 4.73.